The minimum atomic E-state index is -1.09. The lowest BCUT2D eigenvalue weighted by atomic mass is 10.0. The highest BCUT2D eigenvalue weighted by molar-refractivity contribution is 7.14. The zero-order chi connectivity index (χ0) is 16.7. The summed E-state index contributed by atoms with van der Waals surface area (Å²) in [6.45, 7) is 5.54. The Bertz CT molecular complexity index is 540. The lowest BCUT2D eigenvalue weighted by Gasteiger charge is -2.11. The fraction of sp³-hybridized carbons (Fsp3) is 0.571. The first kappa shape index (κ1) is 18.1. The van der Waals surface area contributed by atoms with Crippen LogP contribution in [0.5, 0.6) is 0 Å². The van der Waals surface area contributed by atoms with Crippen molar-refractivity contribution in [1.82, 2.24) is 10.3 Å². The van der Waals surface area contributed by atoms with Gasteiger partial charge in [0.2, 0.25) is 5.91 Å². The molecular weight excluding hydrogens is 306 g/mol. The minimum Gasteiger partial charge on any atom is -0.480 e. The van der Waals surface area contributed by atoms with Crippen LogP contribution in [-0.2, 0) is 9.59 Å². The Balaban J connectivity index is 2.69. The van der Waals surface area contributed by atoms with E-state index in [9.17, 15) is 14.4 Å². The van der Waals surface area contributed by atoms with Gasteiger partial charge in [-0.2, -0.15) is 0 Å². The normalized spacial score (nSPS) is 12.0. The summed E-state index contributed by atoms with van der Waals surface area (Å²) in [5.74, 6) is -1.86. The molecule has 0 bridgehead atoms. The molecule has 1 atom stereocenters. The highest BCUT2D eigenvalue weighted by Gasteiger charge is 2.21. The van der Waals surface area contributed by atoms with Gasteiger partial charge in [-0.15, -0.1) is 11.3 Å². The molecule has 3 N–H and O–H groups in total. The van der Waals surface area contributed by atoms with Crippen LogP contribution in [0.1, 0.15) is 50.5 Å². The van der Waals surface area contributed by atoms with Crippen LogP contribution in [0.25, 0.3) is 0 Å². The zero-order valence-electron chi connectivity index (χ0n) is 12.9. The summed E-state index contributed by atoms with van der Waals surface area (Å²) in [7, 11) is 0. The number of thiazole rings is 1. The maximum atomic E-state index is 11.9. The molecule has 0 aliphatic rings. The van der Waals surface area contributed by atoms with Gasteiger partial charge in [0, 0.05) is 11.3 Å². The molecule has 7 nitrogen and oxygen atoms in total. The maximum absolute atomic E-state index is 11.9. The lowest BCUT2D eigenvalue weighted by molar-refractivity contribution is -0.139. The van der Waals surface area contributed by atoms with Crippen LogP contribution in [0.4, 0.5) is 5.13 Å². The number of anilines is 1. The fourth-order valence-electron chi connectivity index (χ4n) is 1.87. The highest BCUT2D eigenvalue weighted by atomic mass is 32.1. The van der Waals surface area contributed by atoms with Crippen LogP contribution in [0, 0.1) is 5.92 Å². The molecule has 0 fully saturated rings. The van der Waals surface area contributed by atoms with Crippen molar-refractivity contribution >= 4 is 34.3 Å². The second-order valence-corrected chi connectivity index (χ2v) is 5.67. The number of carbonyl (C=O) groups excluding carboxylic acids is 2. The average Bonchev–Trinajstić information content (AvgIpc) is 2.94. The van der Waals surface area contributed by atoms with Gasteiger partial charge in [-0.05, 0) is 19.3 Å². The van der Waals surface area contributed by atoms with Crippen LogP contribution in [-0.4, -0.2) is 33.9 Å². The number of carboxylic acid groups (broad SMARTS) is 1. The molecule has 2 amide bonds. The summed E-state index contributed by atoms with van der Waals surface area (Å²) in [4.78, 5) is 38.8. The third-order valence-corrected chi connectivity index (χ3v) is 4.09. The van der Waals surface area contributed by atoms with Gasteiger partial charge in [-0.25, -0.2) is 9.78 Å². The Kier molecular flexibility index (Phi) is 6.97. The molecule has 0 aliphatic carbocycles. The number of rotatable bonds is 8. The second-order valence-electron chi connectivity index (χ2n) is 4.81. The van der Waals surface area contributed by atoms with Crippen molar-refractivity contribution < 1.29 is 19.5 Å². The summed E-state index contributed by atoms with van der Waals surface area (Å²) < 4.78 is 0. The molecule has 0 aliphatic heterocycles. The number of nitrogens with zero attached hydrogens (tertiary/aromatic N) is 1. The summed E-state index contributed by atoms with van der Waals surface area (Å²) in [5, 5.41) is 15.8. The van der Waals surface area contributed by atoms with Crippen LogP contribution in [0.15, 0.2) is 5.38 Å². The Hall–Kier alpha value is -1.96. The summed E-state index contributed by atoms with van der Waals surface area (Å²) in [6, 6.07) is -0.947. The number of hydrogen-bond acceptors (Lipinski definition) is 5. The molecule has 0 radical (unpaired) electrons. The van der Waals surface area contributed by atoms with Gasteiger partial charge in [0.1, 0.15) is 11.7 Å². The van der Waals surface area contributed by atoms with Crippen LogP contribution in [0.2, 0.25) is 0 Å². The topological polar surface area (TPSA) is 108 Å². The first-order chi connectivity index (χ1) is 10.4. The minimum absolute atomic E-state index is 0.0855. The molecule has 0 aromatic carbocycles. The summed E-state index contributed by atoms with van der Waals surface area (Å²) >= 11 is 1.14. The first-order valence-corrected chi connectivity index (χ1v) is 8.10. The Morgan fingerprint density at radius 3 is 2.36 bits per heavy atom. The van der Waals surface area contributed by atoms with Gasteiger partial charge in [0.15, 0.2) is 5.13 Å². The number of carbonyl (C=O) groups is 3. The van der Waals surface area contributed by atoms with E-state index in [1.165, 1.54) is 5.38 Å². The van der Waals surface area contributed by atoms with E-state index in [1.54, 1.807) is 6.92 Å². The summed E-state index contributed by atoms with van der Waals surface area (Å²) in [5.41, 5.74) is 0.101. The monoisotopic (exact) mass is 327 g/mol. The predicted molar refractivity (Wildman–Crippen MR) is 84.0 cm³/mol. The van der Waals surface area contributed by atoms with Crippen molar-refractivity contribution in [3.8, 4) is 0 Å². The van der Waals surface area contributed by atoms with E-state index in [-0.39, 0.29) is 23.9 Å². The molecular formula is C14H21N3O4S. The quantitative estimate of drug-likeness (QED) is 0.677. The molecule has 1 rings (SSSR count). The summed E-state index contributed by atoms with van der Waals surface area (Å²) in [6.07, 6.45) is 1.75. The Morgan fingerprint density at radius 1 is 1.23 bits per heavy atom. The second kappa shape index (κ2) is 8.47. The zero-order valence-corrected chi connectivity index (χ0v) is 13.7. The van der Waals surface area contributed by atoms with Gasteiger partial charge in [0.25, 0.3) is 5.91 Å². The van der Waals surface area contributed by atoms with E-state index in [0.717, 1.165) is 24.2 Å². The molecule has 0 spiro atoms. The lowest BCUT2D eigenvalue weighted by Crippen LogP contribution is -2.40. The van der Waals surface area contributed by atoms with E-state index < -0.39 is 17.9 Å². The van der Waals surface area contributed by atoms with Gasteiger partial charge in [0.05, 0.1) is 0 Å². The van der Waals surface area contributed by atoms with E-state index in [1.807, 2.05) is 13.8 Å². The highest BCUT2D eigenvalue weighted by Crippen LogP contribution is 2.18. The van der Waals surface area contributed by atoms with E-state index in [0.29, 0.717) is 5.13 Å². The van der Waals surface area contributed by atoms with Crippen molar-refractivity contribution in [3.63, 3.8) is 0 Å². The number of aliphatic carboxylic acids is 1. The number of nitrogens with one attached hydrogen (secondary N) is 2. The third-order valence-electron chi connectivity index (χ3n) is 3.34. The number of amides is 2. The fourth-order valence-corrected chi connectivity index (χ4v) is 2.57. The van der Waals surface area contributed by atoms with E-state index in [4.69, 9.17) is 5.11 Å². The first-order valence-electron chi connectivity index (χ1n) is 7.22. The van der Waals surface area contributed by atoms with E-state index in [2.05, 4.69) is 15.6 Å². The molecule has 8 heteroatoms. The molecule has 1 aromatic heterocycles. The molecule has 22 heavy (non-hydrogen) atoms. The molecule has 1 unspecified atom stereocenters. The standard InChI is InChI=1S/C14H21N3O4S/c1-4-8(5-2)11(18)17-14-16-10(7-22-14)12(19)15-9(6-3)13(20)21/h7-9H,4-6H2,1-3H3,(H,15,19)(H,20,21)(H,16,17,18). The average molecular weight is 327 g/mol. The molecule has 122 valence electrons. The maximum Gasteiger partial charge on any atom is 0.326 e. The van der Waals surface area contributed by atoms with Crippen LogP contribution < -0.4 is 10.6 Å². The number of aromatic nitrogens is 1. The largest absolute Gasteiger partial charge is 0.480 e. The van der Waals surface area contributed by atoms with Crippen molar-refractivity contribution in [2.24, 2.45) is 5.92 Å². The third kappa shape index (κ3) is 4.80. The molecule has 0 saturated heterocycles. The van der Waals surface area contributed by atoms with Gasteiger partial charge in [-0.3, -0.25) is 9.59 Å². The smallest absolute Gasteiger partial charge is 0.326 e. The Morgan fingerprint density at radius 2 is 1.86 bits per heavy atom. The van der Waals surface area contributed by atoms with Crippen molar-refractivity contribution in [3.05, 3.63) is 11.1 Å². The van der Waals surface area contributed by atoms with Crippen molar-refractivity contribution in [2.45, 2.75) is 46.1 Å². The Labute approximate surface area is 133 Å². The molecule has 1 heterocycles. The van der Waals surface area contributed by atoms with Crippen LogP contribution >= 0.6 is 11.3 Å². The molecule has 1 aromatic rings. The predicted octanol–water partition coefficient (Wildman–Crippen LogP) is 2.11. The molecule has 0 saturated carbocycles. The van der Waals surface area contributed by atoms with Crippen molar-refractivity contribution in [2.75, 3.05) is 5.32 Å². The van der Waals surface area contributed by atoms with E-state index >= 15 is 0 Å². The van der Waals surface area contributed by atoms with Gasteiger partial charge < -0.3 is 15.7 Å². The number of carboxylic acids is 1. The number of hydrogen-bond donors (Lipinski definition) is 3. The van der Waals surface area contributed by atoms with Gasteiger partial charge in [-0.1, -0.05) is 20.8 Å². The van der Waals surface area contributed by atoms with Crippen molar-refractivity contribution in [1.29, 1.82) is 0 Å². The van der Waals surface area contributed by atoms with Crippen LogP contribution in [0.3, 0.4) is 0 Å². The van der Waals surface area contributed by atoms with Gasteiger partial charge >= 0.3 is 5.97 Å². The SMILES string of the molecule is CCC(CC)C(=O)Nc1nc(C(=O)NC(CC)C(=O)O)cs1.